The highest BCUT2D eigenvalue weighted by molar-refractivity contribution is 7.13. The summed E-state index contributed by atoms with van der Waals surface area (Å²) in [5.41, 5.74) is 4.21. The number of hydrogen-bond acceptors (Lipinski definition) is 6. The quantitative estimate of drug-likeness (QED) is 0.339. The monoisotopic (exact) mass is 446 g/mol. The standard InChI is InChI=1S/C25H30N6S/c1-17(2)31-16-27-21-23(29-25(30-24(21)31)28-20-11-7-4-8-12-20)26-15-19-13-14-32-22(19)18-9-5-3-6-10-18/h3,5-6,9-10,13-14,16-17,20H,4,7-8,11-12,15H2,1-2H3,(H2,26,28,29,30). The van der Waals surface area contributed by atoms with Crippen LogP contribution in [0.3, 0.4) is 0 Å². The molecule has 0 bridgehead atoms. The summed E-state index contributed by atoms with van der Waals surface area (Å²) < 4.78 is 2.12. The van der Waals surface area contributed by atoms with Crippen LogP contribution in [0.1, 0.15) is 57.6 Å². The van der Waals surface area contributed by atoms with E-state index in [9.17, 15) is 0 Å². The van der Waals surface area contributed by atoms with Gasteiger partial charge in [-0.25, -0.2) is 4.98 Å². The summed E-state index contributed by atoms with van der Waals surface area (Å²) in [4.78, 5) is 15.7. The predicted molar refractivity (Wildman–Crippen MR) is 133 cm³/mol. The van der Waals surface area contributed by atoms with Crippen LogP contribution in [0, 0.1) is 0 Å². The van der Waals surface area contributed by atoms with Gasteiger partial charge in [0.25, 0.3) is 0 Å². The van der Waals surface area contributed by atoms with Gasteiger partial charge in [-0.2, -0.15) is 9.97 Å². The van der Waals surface area contributed by atoms with Crippen LogP contribution in [0.4, 0.5) is 11.8 Å². The Bertz CT molecular complexity index is 1170. The average molecular weight is 447 g/mol. The number of anilines is 2. The average Bonchev–Trinajstić information content (AvgIpc) is 3.46. The first kappa shape index (κ1) is 20.9. The zero-order valence-corrected chi connectivity index (χ0v) is 19.5. The van der Waals surface area contributed by atoms with Crippen molar-refractivity contribution in [2.24, 2.45) is 0 Å². The minimum absolute atomic E-state index is 0.284. The van der Waals surface area contributed by atoms with Crippen LogP contribution >= 0.6 is 11.3 Å². The lowest BCUT2D eigenvalue weighted by molar-refractivity contribution is 0.461. The first-order chi connectivity index (χ1) is 15.7. The highest BCUT2D eigenvalue weighted by Gasteiger charge is 2.19. The van der Waals surface area contributed by atoms with Crippen LogP contribution in [0.2, 0.25) is 0 Å². The minimum Gasteiger partial charge on any atom is -0.364 e. The van der Waals surface area contributed by atoms with E-state index in [1.54, 1.807) is 11.3 Å². The van der Waals surface area contributed by atoms with Crippen LogP contribution in [0.5, 0.6) is 0 Å². The van der Waals surface area contributed by atoms with Crippen molar-refractivity contribution in [1.29, 1.82) is 0 Å². The van der Waals surface area contributed by atoms with Gasteiger partial charge < -0.3 is 15.2 Å². The van der Waals surface area contributed by atoms with Crippen molar-refractivity contribution in [3.8, 4) is 10.4 Å². The van der Waals surface area contributed by atoms with Crippen molar-refractivity contribution in [3.63, 3.8) is 0 Å². The van der Waals surface area contributed by atoms with E-state index >= 15 is 0 Å². The van der Waals surface area contributed by atoms with E-state index in [-0.39, 0.29) is 6.04 Å². The fourth-order valence-corrected chi connectivity index (χ4v) is 5.34. The summed E-state index contributed by atoms with van der Waals surface area (Å²) in [5.74, 6) is 1.49. The van der Waals surface area contributed by atoms with Crippen molar-refractivity contribution in [3.05, 3.63) is 53.7 Å². The molecule has 1 fully saturated rings. The van der Waals surface area contributed by atoms with E-state index < -0.39 is 0 Å². The van der Waals surface area contributed by atoms with Crippen molar-refractivity contribution in [2.45, 2.75) is 64.6 Å². The lowest BCUT2D eigenvalue weighted by Crippen LogP contribution is -2.24. The third-order valence-corrected chi connectivity index (χ3v) is 7.15. The highest BCUT2D eigenvalue weighted by atomic mass is 32.1. The molecule has 0 radical (unpaired) electrons. The van der Waals surface area contributed by atoms with Crippen molar-refractivity contribution in [1.82, 2.24) is 19.5 Å². The molecule has 0 saturated heterocycles. The summed E-state index contributed by atoms with van der Waals surface area (Å²) in [6.07, 6.45) is 8.12. The number of benzene rings is 1. The Morgan fingerprint density at radius 3 is 2.66 bits per heavy atom. The number of rotatable bonds is 7. The molecule has 166 valence electrons. The molecular weight excluding hydrogens is 416 g/mol. The third-order valence-electron chi connectivity index (χ3n) is 6.15. The normalized spacial score (nSPS) is 14.8. The number of aromatic nitrogens is 4. The molecule has 3 heterocycles. The fraction of sp³-hybridized carbons (Fsp3) is 0.400. The van der Waals surface area contributed by atoms with E-state index in [0.29, 0.717) is 18.5 Å². The highest BCUT2D eigenvalue weighted by Crippen LogP contribution is 2.31. The zero-order valence-electron chi connectivity index (χ0n) is 18.7. The second-order valence-electron chi connectivity index (χ2n) is 8.79. The molecule has 0 aliphatic heterocycles. The maximum Gasteiger partial charge on any atom is 0.227 e. The Hall–Kier alpha value is -2.93. The first-order valence-corrected chi connectivity index (χ1v) is 12.4. The van der Waals surface area contributed by atoms with Crippen molar-refractivity contribution in [2.75, 3.05) is 10.6 Å². The maximum absolute atomic E-state index is 4.86. The van der Waals surface area contributed by atoms with E-state index in [2.05, 4.69) is 75.8 Å². The molecule has 4 aromatic rings. The number of imidazole rings is 1. The van der Waals surface area contributed by atoms with Crippen molar-refractivity contribution >= 4 is 34.3 Å². The Labute approximate surface area is 193 Å². The van der Waals surface area contributed by atoms with Gasteiger partial charge in [-0.15, -0.1) is 11.3 Å². The molecule has 2 N–H and O–H groups in total. The molecule has 3 aromatic heterocycles. The molecule has 0 unspecified atom stereocenters. The van der Waals surface area contributed by atoms with Crippen LogP contribution in [0.25, 0.3) is 21.6 Å². The Morgan fingerprint density at radius 2 is 1.88 bits per heavy atom. The summed E-state index contributed by atoms with van der Waals surface area (Å²) in [7, 11) is 0. The molecule has 1 aliphatic carbocycles. The number of nitrogens with zero attached hydrogens (tertiary/aromatic N) is 4. The van der Waals surface area contributed by atoms with Gasteiger partial charge in [0.1, 0.15) is 0 Å². The zero-order chi connectivity index (χ0) is 21.9. The summed E-state index contributed by atoms with van der Waals surface area (Å²) in [5, 5.41) is 9.32. The molecule has 7 heteroatoms. The number of thiophene rings is 1. The first-order valence-electron chi connectivity index (χ1n) is 11.6. The van der Waals surface area contributed by atoms with Gasteiger partial charge in [-0.05, 0) is 49.3 Å². The molecule has 1 aromatic carbocycles. The molecule has 1 saturated carbocycles. The maximum atomic E-state index is 4.86. The fourth-order valence-electron chi connectivity index (χ4n) is 4.41. The third kappa shape index (κ3) is 4.35. The molecule has 0 atom stereocenters. The Balaban J connectivity index is 1.44. The molecule has 32 heavy (non-hydrogen) atoms. The number of hydrogen-bond donors (Lipinski definition) is 2. The minimum atomic E-state index is 0.284. The van der Waals surface area contributed by atoms with Crippen LogP contribution < -0.4 is 10.6 Å². The molecule has 1 aliphatic rings. The van der Waals surface area contributed by atoms with Gasteiger partial charge in [-0.3, -0.25) is 0 Å². The summed E-state index contributed by atoms with van der Waals surface area (Å²) in [6, 6.07) is 13.5. The van der Waals surface area contributed by atoms with Gasteiger partial charge >= 0.3 is 0 Å². The topological polar surface area (TPSA) is 67.7 Å². The molecule has 6 nitrogen and oxygen atoms in total. The molecular formula is C25H30N6S. The predicted octanol–water partition coefficient (Wildman–Crippen LogP) is 6.49. The van der Waals surface area contributed by atoms with Gasteiger partial charge in [0.15, 0.2) is 17.0 Å². The van der Waals surface area contributed by atoms with Crippen LogP contribution in [0.15, 0.2) is 48.1 Å². The lowest BCUT2D eigenvalue weighted by atomic mass is 9.96. The summed E-state index contributed by atoms with van der Waals surface area (Å²) in [6.45, 7) is 5.00. The van der Waals surface area contributed by atoms with E-state index in [0.717, 1.165) is 17.0 Å². The van der Waals surface area contributed by atoms with Crippen LogP contribution in [-0.2, 0) is 6.54 Å². The second kappa shape index (κ2) is 9.28. The van der Waals surface area contributed by atoms with Gasteiger partial charge in [-0.1, -0.05) is 49.6 Å². The number of fused-ring (bicyclic) bond motifs is 1. The van der Waals surface area contributed by atoms with E-state index in [1.165, 1.54) is 48.1 Å². The van der Waals surface area contributed by atoms with E-state index in [4.69, 9.17) is 9.97 Å². The van der Waals surface area contributed by atoms with Gasteiger partial charge in [0.2, 0.25) is 5.95 Å². The van der Waals surface area contributed by atoms with Crippen molar-refractivity contribution < 1.29 is 0 Å². The summed E-state index contributed by atoms with van der Waals surface area (Å²) >= 11 is 1.77. The van der Waals surface area contributed by atoms with Crippen LogP contribution in [-0.4, -0.2) is 25.6 Å². The Kier molecular flexibility index (Phi) is 6.08. The van der Waals surface area contributed by atoms with Gasteiger partial charge in [0, 0.05) is 23.5 Å². The second-order valence-corrected chi connectivity index (χ2v) is 9.70. The molecule has 0 spiro atoms. The Morgan fingerprint density at radius 1 is 1.06 bits per heavy atom. The molecule has 5 rings (SSSR count). The lowest BCUT2D eigenvalue weighted by Gasteiger charge is -2.23. The largest absolute Gasteiger partial charge is 0.364 e. The van der Waals surface area contributed by atoms with Gasteiger partial charge in [0.05, 0.1) is 6.33 Å². The number of nitrogens with one attached hydrogen (secondary N) is 2. The smallest absolute Gasteiger partial charge is 0.227 e. The van der Waals surface area contributed by atoms with E-state index in [1.807, 2.05) is 6.33 Å². The molecule has 0 amide bonds. The SMILES string of the molecule is CC(C)n1cnc2c(NCc3ccsc3-c3ccccc3)nc(NC3CCCCC3)nc21.